The van der Waals surface area contributed by atoms with Gasteiger partial charge in [0.1, 0.15) is 6.04 Å². The molecule has 5 rings (SSSR count). The number of nitrogens with zero attached hydrogens (tertiary/aromatic N) is 2. The molecule has 0 radical (unpaired) electrons. The topological polar surface area (TPSA) is 81.8 Å². The van der Waals surface area contributed by atoms with E-state index in [0.717, 1.165) is 30.8 Å². The van der Waals surface area contributed by atoms with Crippen LogP contribution in [0.25, 0.3) is 0 Å². The lowest BCUT2D eigenvalue weighted by molar-refractivity contribution is -0.136. The van der Waals surface area contributed by atoms with E-state index in [1.165, 1.54) is 19.3 Å². The summed E-state index contributed by atoms with van der Waals surface area (Å²) in [6.45, 7) is 3.41. The molecule has 4 aliphatic heterocycles. The Morgan fingerprint density at radius 2 is 1.82 bits per heavy atom. The Kier molecular flexibility index (Phi) is 4.44. The SMILES string of the molecule is O=C1CCC(N2Cc3ccc(CN4C5CCCC4CNC5)cc3C2=O)C(=O)N1. The van der Waals surface area contributed by atoms with Gasteiger partial charge in [-0.05, 0) is 36.5 Å². The molecule has 2 bridgehead atoms. The molecule has 7 heteroatoms. The van der Waals surface area contributed by atoms with E-state index in [1.54, 1.807) is 4.90 Å². The fraction of sp³-hybridized carbons (Fsp3) is 0.571. The number of carbonyl (C=O) groups is 3. The van der Waals surface area contributed by atoms with Crippen molar-refractivity contribution in [3.8, 4) is 0 Å². The van der Waals surface area contributed by atoms with Crippen LogP contribution < -0.4 is 10.6 Å². The van der Waals surface area contributed by atoms with Gasteiger partial charge in [-0.1, -0.05) is 18.6 Å². The zero-order valence-corrected chi connectivity index (χ0v) is 15.9. The lowest BCUT2D eigenvalue weighted by Crippen LogP contribution is -2.58. The van der Waals surface area contributed by atoms with Crippen molar-refractivity contribution >= 4 is 17.7 Å². The first kappa shape index (κ1) is 17.8. The predicted octanol–water partition coefficient (Wildman–Crippen LogP) is 0.774. The van der Waals surface area contributed by atoms with Crippen molar-refractivity contribution in [1.82, 2.24) is 20.4 Å². The molecule has 1 aromatic carbocycles. The Labute approximate surface area is 164 Å². The van der Waals surface area contributed by atoms with Gasteiger partial charge in [-0.25, -0.2) is 0 Å². The molecule has 3 fully saturated rings. The van der Waals surface area contributed by atoms with Gasteiger partial charge in [0, 0.05) is 50.2 Å². The first-order valence-electron chi connectivity index (χ1n) is 10.3. The quantitative estimate of drug-likeness (QED) is 0.755. The van der Waals surface area contributed by atoms with Gasteiger partial charge in [0.05, 0.1) is 0 Å². The average Bonchev–Trinajstić information content (AvgIpc) is 2.98. The maximum atomic E-state index is 13.0. The van der Waals surface area contributed by atoms with E-state index < -0.39 is 6.04 Å². The van der Waals surface area contributed by atoms with Crippen LogP contribution in [0.15, 0.2) is 18.2 Å². The minimum atomic E-state index is -0.548. The molecule has 3 atom stereocenters. The van der Waals surface area contributed by atoms with Crippen LogP contribution in [0, 0.1) is 0 Å². The molecule has 0 aromatic heterocycles. The van der Waals surface area contributed by atoms with Crippen LogP contribution in [0.2, 0.25) is 0 Å². The van der Waals surface area contributed by atoms with E-state index in [4.69, 9.17) is 0 Å². The van der Waals surface area contributed by atoms with E-state index in [2.05, 4.69) is 21.6 Å². The molecule has 0 spiro atoms. The highest BCUT2D eigenvalue weighted by Crippen LogP contribution is 2.31. The molecule has 4 aliphatic rings. The zero-order valence-electron chi connectivity index (χ0n) is 15.9. The van der Waals surface area contributed by atoms with Gasteiger partial charge in [0.2, 0.25) is 11.8 Å². The first-order chi connectivity index (χ1) is 13.6. The van der Waals surface area contributed by atoms with Crippen LogP contribution in [0.5, 0.6) is 0 Å². The first-order valence-corrected chi connectivity index (χ1v) is 10.3. The monoisotopic (exact) mass is 382 g/mol. The van der Waals surface area contributed by atoms with Crippen LogP contribution in [0.1, 0.15) is 53.6 Å². The van der Waals surface area contributed by atoms with Crippen LogP contribution in [0.4, 0.5) is 0 Å². The van der Waals surface area contributed by atoms with E-state index in [1.807, 2.05) is 12.1 Å². The second-order valence-corrected chi connectivity index (χ2v) is 8.46. The summed E-state index contributed by atoms with van der Waals surface area (Å²) in [7, 11) is 0. The van der Waals surface area contributed by atoms with Crippen molar-refractivity contribution in [3.05, 3.63) is 34.9 Å². The summed E-state index contributed by atoms with van der Waals surface area (Å²) >= 11 is 0. The molecule has 2 N–H and O–H groups in total. The minimum Gasteiger partial charge on any atom is -0.322 e. The van der Waals surface area contributed by atoms with E-state index >= 15 is 0 Å². The molecule has 7 nitrogen and oxygen atoms in total. The Morgan fingerprint density at radius 1 is 1.04 bits per heavy atom. The Hall–Kier alpha value is -2.25. The molecule has 28 heavy (non-hydrogen) atoms. The number of hydrogen-bond donors (Lipinski definition) is 2. The van der Waals surface area contributed by atoms with Crippen LogP contribution in [0.3, 0.4) is 0 Å². The highest BCUT2D eigenvalue weighted by molar-refractivity contribution is 6.05. The Balaban J connectivity index is 1.34. The minimum absolute atomic E-state index is 0.0909. The molecule has 0 aliphatic carbocycles. The number of hydrogen-bond acceptors (Lipinski definition) is 5. The molecule has 3 saturated heterocycles. The average molecular weight is 382 g/mol. The smallest absolute Gasteiger partial charge is 0.255 e. The van der Waals surface area contributed by atoms with Gasteiger partial charge in [-0.3, -0.25) is 24.6 Å². The number of piperidine rings is 2. The molecule has 1 aromatic rings. The molecule has 4 heterocycles. The number of imide groups is 1. The van der Waals surface area contributed by atoms with Crippen molar-refractivity contribution < 1.29 is 14.4 Å². The molecule has 3 unspecified atom stereocenters. The van der Waals surface area contributed by atoms with Gasteiger partial charge >= 0.3 is 0 Å². The van der Waals surface area contributed by atoms with Crippen LogP contribution >= 0.6 is 0 Å². The second kappa shape index (κ2) is 6.97. The van der Waals surface area contributed by atoms with Crippen LogP contribution in [-0.2, 0) is 22.7 Å². The van der Waals surface area contributed by atoms with E-state index in [-0.39, 0.29) is 24.1 Å². The Bertz CT molecular complexity index is 817. The van der Waals surface area contributed by atoms with Crippen LogP contribution in [-0.4, -0.2) is 58.7 Å². The van der Waals surface area contributed by atoms with Gasteiger partial charge < -0.3 is 10.2 Å². The van der Waals surface area contributed by atoms with Gasteiger partial charge in [-0.15, -0.1) is 0 Å². The summed E-state index contributed by atoms with van der Waals surface area (Å²) in [6, 6.07) is 6.78. The number of nitrogens with one attached hydrogen (secondary N) is 2. The molecule has 3 amide bonds. The lowest BCUT2D eigenvalue weighted by atomic mass is 9.91. The fourth-order valence-electron chi connectivity index (χ4n) is 5.24. The maximum absolute atomic E-state index is 13.0. The Morgan fingerprint density at radius 3 is 2.57 bits per heavy atom. The fourth-order valence-corrected chi connectivity index (χ4v) is 5.24. The number of carbonyl (C=O) groups excluding carboxylic acids is 3. The van der Waals surface area contributed by atoms with Gasteiger partial charge in [-0.2, -0.15) is 0 Å². The standard InChI is InChI=1S/C21H26N4O3/c26-19-7-6-18(20(27)23-19)25-12-14-5-4-13(8-17(14)21(25)28)11-24-15-2-1-3-16(24)10-22-9-15/h4-5,8,15-16,18,22H,1-3,6-7,9-12H2,(H,23,26,27). The third-order valence-electron chi connectivity index (χ3n) is 6.73. The number of fused-ring (bicyclic) bond motifs is 3. The zero-order chi connectivity index (χ0) is 19.3. The molecule has 148 valence electrons. The summed E-state index contributed by atoms with van der Waals surface area (Å²) in [4.78, 5) is 40.8. The van der Waals surface area contributed by atoms with Crippen molar-refractivity contribution in [1.29, 1.82) is 0 Å². The number of amides is 3. The van der Waals surface area contributed by atoms with E-state index in [9.17, 15) is 14.4 Å². The highest BCUT2D eigenvalue weighted by Gasteiger charge is 2.39. The van der Waals surface area contributed by atoms with Crippen molar-refractivity contribution in [2.24, 2.45) is 0 Å². The third-order valence-corrected chi connectivity index (χ3v) is 6.73. The summed E-state index contributed by atoms with van der Waals surface area (Å²) in [5.74, 6) is -0.701. The summed E-state index contributed by atoms with van der Waals surface area (Å²) in [6.07, 6.45) is 4.46. The van der Waals surface area contributed by atoms with Crippen molar-refractivity contribution in [2.45, 2.75) is 63.3 Å². The highest BCUT2D eigenvalue weighted by atomic mass is 16.2. The lowest BCUT2D eigenvalue weighted by Gasteiger charge is -2.46. The predicted molar refractivity (Wildman–Crippen MR) is 102 cm³/mol. The molecule has 0 saturated carbocycles. The second-order valence-electron chi connectivity index (χ2n) is 8.46. The third kappa shape index (κ3) is 3.02. The summed E-state index contributed by atoms with van der Waals surface area (Å²) < 4.78 is 0. The van der Waals surface area contributed by atoms with Crippen molar-refractivity contribution in [3.63, 3.8) is 0 Å². The van der Waals surface area contributed by atoms with Gasteiger partial charge in [0.25, 0.3) is 5.91 Å². The molecular weight excluding hydrogens is 356 g/mol. The number of piperazine rings is 1. The van der Waals surface area contributed by atoms with E-state index in [0.29, 0.717) is 30.6 Å². The molecular formula is C21H26N4O3. The summed E-state index contributed by atoms with van der Waals surface area (Å²) in [5.41, 5.74) is 2.84. The normalized spacial score (nSPS) is 30.4. The number of rotatable bonds is 3. The largest absolute Gasteiger partial charge is 0.322 e. The van der Waals surface area contributed by atoms with Gasteiger partial charge in [0.15, 0.2) is 0 Å². The van der Waals surface area contributed by atoms with Crippen molar-refractivity contribution in [2.75, 3.05) is 13.1 Å². The maximum Gasteiger partial charge on any atom is 0.255 e. The number of benzene rings is 1. The summed E-state index contributed by atoms with van der Waals surface area (Å²) in [5, 5.41) is 5.89.